The normalized spacial score (nSPS) is 44.2. The molecule has 214 valence electrons. The first kappa shape index (κ1) is 28.4. The minimum Gasteiger partial charge on any atom is -0.396 e. The van der Waals surface area contributed by atoms with E-state index < -0.39 is 6.10 Å². The maximum Gasteiger partial charge on any atom is 0.145 e. The minimum absolute atomic E-state index is 0.0151. The van der Waals surface area contributed by atoms with Crippen molar-refractivity contribution in [3.05, 3.63) is 29.2 Å². The van der Waals surface area contributed by atoms with E-state index in [9.17, 15) is 10.2 Å². The van der Waals surface area contributed by atoms with Crippen LogP contribution >= 0.6 is 0 Å². The van der Waals surface area contributed by atoms with Crippen LogP contribution in [0.3, 0.4) is 0 Å². The number of hydrogen-bond donors (Lipinski definition) is 2. The van der Waals surface area contributed by atoms with E-state index in [0.29, 0.717) is 5.92 Å². The van der Waals surface area contributed by atoms with Crippen molar-refractivity contribution in [2.45, 2.75) is 138 Å². The van der Waals surface area contributed by atoms with Gasteiger partial charge >= 0.3 is 0 Å². The van der Waals surface area contributed by atoms with Crippen LogP contribution in [0.15, 0.2) is 22.4 Å². The zero-order valence-corrected chi connectivity index (χ0v) is 25.6. The van der Waals surface area contributed by atoms with Gasteiger partial charge in [0.1, 0.15) is 5.76 Å². The summed E-state index contributed by atoms with van der Waals surface area (Å²) in [5.41, 5.74) is 3.26. The molecule has 0 spiro atoms. The summed E-state index contributed by atoms with van der Waals surface area (Å²) in [6.07, 6.45) is 16.2. The lowest BCUT2D eigenvalue weighted by atomic mass is 9.37. The second-order valence-electron chi connectivity index (χ2n) is 16.4. The number of aliphatic hydroxyl groups excluding tert-OH is 2. The van der Waals surface area contributed by atoms with Gasteiger partial charge in [0.25, 0.3) is 0 Å². The molecule has 38 heavy (non-hydrogen) atoms. The number of aliphatic hydroxyl groups is 2. The molecular weight excluding hydrogens is 470 g/mol. The van der Waals surface area contributed by atoms with Gasteiger partial charge in [0.15, 0.2) is 0 Å². The average Bonchev–Trinajstić information content (AvgIpc) is 3.31. The van der Waals surface area contributed by atoms with Gasteiger partial charge in [-0.1, -0.05) is 72.2 Å². The molecule has 0 aliphatic heterocycles. The maximum atomic E-state index is 12.0. The van der Waals surface area contributed by atoms with E-state index in [1.54, 1.807) is 0 Å². The molecule has 1 aromatic rings. The summed E-state index contributed by atoms with van der Waals surface area (Å²) in [5.74, 6) is 1.82. The Balaban J connectivity index is 1.60. The van der Waals surface area contributed by atoms with Crippen LogP contribution in [0.4, 0.5) is 0 Å². The number of nitrogens with zero attached hydrogens (tertiary/aromatic N) is 1. The van der Waals surface area contributed by atoms with Gasteiger partial charge in [0.05, 0.1) is 12.3 Å². The third kappa shape index (κ3) is 4.18. The van der Waals surface area contributed by atoms with Gasteiger partial charge in [-0.15, -0.1) is 0 Å². The van der Waals surface area contributed by atoms with E-state index in [-0.39, 0.29) is 45.0 Å². The number of rotatable bonds is 3. The molecule has 4 aliphatic carbocycles. The van der Waals surface area contributed by atoms with Gasteiger partial charge in [-0.05, 0) is 110 Å². The molecule has 4 nitrogen and oxygen atoms in total. The Morgan fingerprint density at radius 2 is 1.63 bits per heavy atom. The van der Waals surface area contributed by atoms with Crippen LogP contribution in [0.25, 0.3) is 0 Å². The third-order valence-electron chi connectivity index (χ3n) is 13.1. The molecule has 2 saturated carbocycles. The van der Waals surface area contributed by atoms with Gasteiger partial charge < -0.3 is 14.7 Å². The lowest BCUT2D eigenvalue weighted by molar-refractivity contribution is -0.108. The highest BCUT2D eigenvalue weighted by Crippen LogP contribution is 2.71. The summed E-state index contributed by atoms with van der Waals surface area (Å²) in [7, 11) is 0. The van der Waals surface area contributed by atoms with E-state index in [2.05, 4.69) is 66.6 Å². The number of allylic oxidation sites excluding steroid dienone is 1. The van der Waals surface area contributed by atoms with Crippen LogP contribution in [0.2, 0.25) is 0 Å². The van der Waals surface area contributed by atoms with Gasteiger partial charge in [0, 0.05) is 17.6 Å². The summed E-state index contributed by atoms with van der Waals surface area (Å²) >= 11 is 0. The smallest absolute Gasteiger partial charge is 0.145 e. The minimum atomic E-state index is -0.399. The molecule has 1 aromatic heterocycles. The van der Waals surface area contributed by atoms with E-state index >= 15 is 0 Å². The zero-order chi connectivity index (χ0) is 27.8. The second-order valence-corrected chi connectivity index (χ2v) is 16.4. The van der Waals surface area contributed by atoms with Crippen molar-refractivity contribution in [3.63, 3.8) is 0 Å². The summed E-state index contributed by atoms with van der Waals surface area (Å²) in [6.45, 7) is 19.9. The predicted octanol–water partition coefficient (Wildman–Crippen LogP) is 8.01. The highest BCUT2D eigenvalue weighted by Gasteiger charge is 2.65. The summed E-state index contributed by atoms with van der Waals surface area (Å²) in [5, 5.41) is 25.9. The predicted molar refractivity (Wildman–Crippen MR) is 154 cm³/mol. The zero-order valence-electron chi connectivity index (χ0n) is 25.6. The highest BCUT2D eigenvalue weighted by atomic mass is 16.5. The second kappa shape index (κ2) is 9.20. The first-order chi connectivity index (χ1) is 17.6. The Morgan fingerprint density at radius 1 is 0.921 bits per heavy atom. The average molecular weight is 526 g/mol. The van der Waals surface area contributed by atoms with Crippen LogP contribution in [-0.4, -0.2) is 28.1 Å². The first-order valence-corrected chi connectivity index (χ1v) is 15.6. The molecule has 0 saturated heterocycles. The standard InChI is InChI=1S/C34H55NO3/c1-29(2)13-10-24-25(37)20-27-32(6)21-23-22-35-38-28(23)30(3,4)26(32)11-14-34(27,8)33(24,7)18-17-31(5,16-15-29)12-9-19-36/h20,22,24-26,36-37H,9-19,21H2,1-8H3/t24?,25?,26-,31-,32-,33+,34+/m0/s1. The number of fused-ring (bicyclic) bond motifs is 6. The van der Waals surface area contributed by atoms with Crippen molar-refractivity contribution >= 4 is 0 Å². The Kier molecular flexibility index (Phi) is 6.87. The molecule has 5 rings (SSSR count). The third-order valence-corrected chi connectivity index (χ3v) is 13.1. The van der Waals surface area contributed by atoms with Crippen molar-refractivity contribution in [2.75, 3.05) is 6.61 Å². The van der Waals surface area contributed by atoms with Crippen molar-refractivity contribution in [1.29, 1.82) is 0 Å². The molecule has 4 heteroatoms. The molecule has 2 fully saturated rings. The molecule has 2 N–H and O–H groups in total. The molecule has 1 heterocycles. The molecule has 4 aliphatic rings. The Morgan fingerprint density at radius 3 is 2.34 bits per heavy atom. The molecular formula is C34H55NO3. The highest BCUT2D eigenvalue weighted by molar-refractivity contribution is 5.42. The fourth-order valence-electron chi connectivity index (χ4n) is 10.3. The van der Waals surface area contributed by atoms with Crippen LogP contribution in [0.1, 0.15) is 131 Å². The van der Waals surface area contributed by atoms with Crippen molar-refractivity contribution in [2.24, 2.45) is 38.9 Å². The van der Waals surface area contributed by atoms with E-state index in [0.717, 1.165) is 44.3 Å². The molecule has 0 radical (unpaired) electrons. The topological polar surface area (TPSA) is 66.5 Å². The molecule has 0 bridgehead atoms. The Hall–Kier alpha value is -1.13. The summed E-state index contributed by atoms with van der Waals surface area (Å²) in [6, 6.07) is 0. The molecule has 7 atom stereocenters. The maximum absolute atomic E-state index is 12.0. The number of aromatic nitrogens is 1. The van der Waals surface area contributed by atoms with Crippen molar-refractivity contribution in [3.8, 4) is 0 Å². The largest absolute Gasteiger partial charge is 0.396 e. The van der Waals surface area contributed by atoms with Gasteiger partial charge in [0.2, 0.25) is 0 Å². The van der Waals surface area contributed by atoms with E-state index in [4.69, 9.17) is 4.52 Å². The van der Waals surface area contributed by atoms with Crippen LogP contribution in [0.5, 0.6) is 0 Å². The monoisotopic (exact) mass is 525 g/mol. The quantitative estimate of drug-likeness (QED) is 0.392. The van der Waals surface area contributed by atoms with Gasteiger partial charge in [-0.3, -0.25) is 0 Å². The summed E-state index contributed by atoms with van der Waals surface area (Å²) in [4.78, 5) is 0. The van der Waals surface area contributed by atoms with Crippen LogP contribution < -0.4 is 0 Å². The van der Waals surface area contributed by atoms with Gasteiger partial charge in [-0.2, -0.15) is 0 Å². The van der Waals surface area contributed by atoms with E-state index in [1.165, 1.54) is 43.2 Å². The lowest BCUT2D eigenvalue weighted by Gasteiger charge is -2.67. The van der Waals surface area contributed by atoms with Crippen molar-refractivity contribution in [1.82, 2.24) is 5.16 Å². The Labute approximate surface area is 232 Å². The fraction of sp³-hybridized carbons (Fsp3) is 0.853. The fourth-order valence-corrected chi connectivity index (χ4v) is 10.3. The Bertz CT molecular complexity index is 1070. The lowest BCUT2D eigenvalue weighted by Crippen LogP contribution is -2.61. The van der Waals surface area contributed by atoms with Crippen LogP contribution in [0, 0.1) is 38.9 Å². The van der Waals surface area contributed by atoms with Crippen LogP contribution in [-0.2, 0) is 11.8 Å². The molecule has 0 aromatic carbocycles. The van der Waals surface area contributed by atoms with Gasteiger partial charge in [-0.25, -0.2) is 0 Å². The summed E-state index contributed by atoms with van der Waals surface area (Å²) < 4.78 is 5.85. The molecule has 0 amide bonds. The van der Waals surface area contributed by atoms with E-state index in [1.807, 2.05) is 6.20 Å². The first-order valence-electron chi connectivity index (χ1n) is 15.6. The molecule has 2 unspecified atom stereocenters. The SMILES string of the molecule is CC1(C)CCC2C(O)C=C3[C@@]4(C)Cc5cnoc5C(C)(C)[C@@H]4CC[C@@]3(C)[C@]2(C)CC[C@@](C)(CCCO)CC1. The number of hydrogen-bond acceptors (Lipinski definition) is 4. The van der Waals surface area contributed by atoms with Crippen molar-refractivity contribution < 1.29 is 14.7 Å².